The van der Waals surface area contributed by atoms with Gasteiger partial charge in [0.05, 0.1) is 25.4 Å². The molecule has 0 spiro atoms. The third-order valence-corrected chi connectivity index (χ3v) is 7.35. The summed E-state index contributed by atoms with van der Waals surface area (Å²) in [6.07, 6.45) is 5.35. The van der Waals surface area contributed by atoms with E-state index < -0.39 is 0 Å². The van der Waals surface area contributed by atoms with Crippen molar-refractivity contribution >= 4 is 11.8 Å². The number of aryl methyl sites for hydroxylation is 1. The first-order valence-corrected chi connectivity index (χ1v) is 14.6. The predicted octanol–water partition coefficient (Wildman–Crippen LogP) is 5.27. The van der Waals surface area contributed by atoms with Crippen LogP contribution < -0.4 is 10.1 Å². The zero-order valence-corrected chi connectivity index (χ0v) is 24.2. The van der Waals surface area contributed by atoms with Crippen molar-refractivity contribution in [1.82, 2.24) is 20.1 Å². The molecule has 218 valence electrons. The maximum absolute atomic E-state index is 14.5. The molecule has 7 nitrogen and oxygen atoms in total. The third-order valence-electron chi connectivity index (χ3n) is 7.35. The van der Waals surface area contributed by atoms with Crippen LogP contribution in [0, 0.1) is 5.82 Å². The number of pyridine rings is 1. The second-order valence-electron chi connectivity index (χ2n) is 10.9. The largest absolute Gasteiger partial charge is 0.493 e. The fourth-order valence-electron chi connectivity index (χ4n) is 4.91. The summed E-state index contributed by atoms with van der Waals surface area (Å²) in [7, 11) is 0. The van der Waals surface area contributed by atoms with Crippen LogP contribution in [0.3, 0.4) is 0 Å². The number of fused-ring (bicyclic) bond motifs is 1. The zero-order chi connectivity index (χ0) is 29.0. The number of halogens is 1. The molecular formula is C33H41FN4O3. The molecular weight excluding hydrogens is 519 g/mol. The van der Waals surface area contributed by atoms with Crippen LogP contribution in [-0.2, 0) is 35.6 Å². The minimum atomic E-state index is -0.328. The fourth-order valence-corrected chi connectivity index (χ4v) is 4.91. The van der Waals surface area contributed by atoms with Crippen molar-refractivity contribution < 1.29 is 18.7 Å². The van der Waals surface area contributed by atoms with Gasteiger partial charge in [-0.3, -0.25) is 19.5 Å². The summed E-state index contributed by atoms with van der Waals surface area (Å²) >= 11 is 0. The van der Waals surface area contributed by atoms with Gasteiger partial charge in [0.15, 0.2) is 0 Å². The van der Waals surface area contributed by atoms with Crippen LogP contribution in [0.1, 0.15) is 61.9 Å². The van der Waals surface area contributed by atoms with Gasteiger partial charge >= 0.3 is 0 Å². The summed E-state index contributed by atoms with van der Waals surface area (Å²) in [5, 5.41) is 3.03. The molecule has 2 heterocycles. The number of carbonyl (C=O) groups is 2. The van der Waals surface area contributed by atoms with Gasteiger partial charge < -0.3 is 15.0 Å². The summed E-state index contributed by atoms with van der Waals surface area (Å²) in [5.74, 6) is 0.455. The Morgan fingerprint density at radius 1 is 1.05 bits per heavy atom. The lowest BCUT2D eigenvalue weighted by Crippen LogP contribution is -2.40. The number of nitrogens with one attached hydrogen (secondary N) is 1. The van der Waals surface area contributed by atoms with Crippen LogP contribution in [0.2, 0.25) is 0 Å². The number of amides is 2. The molecule has 1 aliphatic rings. The molecule has 0 radical (unpaired) electrons. The molecule has 1 aliphatic heterocycles. The van der Waals surface area contributed by atoms with Crippen LogP contribution >= 0.6 is 0 Å². The first-order valence-electron chi connectivity index (χ1n) is 14.6. The van der Waals surface area contributed by atoms with Gasteiger partial charge in [-0.25, -0.2) is 4.39 Å². The van der Waals surface area contributed by atoms with E-state index >= 15 is 0 Å². The van der Waals surface area contributed by atoms with Crippen LogP contribution in [0.25, 0.3) is 0 Å². The highest BCUT2D eigenvalue weighted by atomic mass is 19.1. The van der Waals surface area contributed by atoms with Crippen LogP contribution in [-0.4, -0.2) is 52.3 Å². The molecule has 0 fully saturated rings. The molecule has 2 aromatic carbocycles. The number of benzene rings is 2. The lowest BCUT2D eigenvalue weighted by molar-refractivity contribution is -0.132. The van der Waals surface area contributed by atoms with E-state index in [9.17, 15) is 14.0 Å². The zero-order valence-electron chi connectivity index (χ0n) is 24.2. The molecule has 1 N–H and O–H groups in total. The molecule has 0 bridgehead atoms. The van der Waals surface area contributed by atoms with Gasteiger partial charge in [-0.05, 0) is 69.4 Å². The smallest absolute Gasteiger partial charge is 0.234 e. The Hall–Kier alpha value is -3.78. The molecule has 0 unspecified atom stereocenters. The Labute approximate surface area is 242 Å². The molecule has 8 heteroatoms. The molecule has 0 saturated heterocycles. The Morgan fingerprint density at radius 2 is 1.88 bits per heavy atom. The normalized spacial score (nSPS) is 15.1. The molecule has 1 aromatic heterocycles. The maximum atomic E-state index is 14.5. The first-order chi connectivity index (χ1) is 19.9. The van der Waals surface area contributed by atoms with Gasteiger partial charge in [0.25, 0.3) is 0 Å². The van der Waals surface area contributed by atoms with E-state index in [0.29, 0.717) is 44.8 Å². The third kappa shape index (κ3) is 9.39. The van der Waals surface area contributed by atoms with E-state index in [2.05, 4.69) is 35.1 Å². The average molecular weight is 561 g/mol. The highest BCUT2D eigenvalue weighted by molar-refractivity contribution is 5.78. The minimum absolute atomic E-state index is 0.0324. The summed E-state index contributed by atoms with van der Waals surface area (Å²) in [5.41, 5.74) is 3.25. The van der Waals surface area contributed by atoms with Crippen molar-refractivity contribution in [2.75, 3.05) is 19.7 Å². The molecule has 0 atom stereocenters. The number of hydrogen-bond acceptors (Lipinski definition) is 5. The van der Waals surface area contributed by atoms with E-state index in [0.717, 1.165) is 41.8 Å². The second kappa shape index (κ2) is 15.3. The van der Waals surface area contributed by atoms with Crippen molar-refractivity contribution in [3.63, 3.8) is 0 Å². The Kier molecular flexibility index (Phi) is 11.3. The highest BCUT2D eigenvalue weighted by Gasteiger charge is 2.20. The van der Waals surface area contributed by atoms with E-state index in [1.54, 1.807) is 29.3 Å². The average Bonchev–Trinajstić information content (AvgIpc) is 2.98. The Bertz CT molecular complexity index is 1280. The summed E-state index contributed by atoms with van der Waals surface area (Å²) < 4.78 is 20.6. The van der Waals surface area contributed by atoms with Crippen LogP contribution in [0.4, 0.5) is 4.39 Å². The van der Waals surface area contributed by atoms with Gasteiger partial charge in [0, 0.05) is 49.4 Å². The number of aromatic nitrogens is 1. The monoisotopic (exact) mass is 560 g/mol. The van der Waals surface area contributed by atoms with E-state index in [4.69, 9.17) is 4.74 Å². The standard InChI is InChI=1S/C33H41FN4O3/c1-25(2)37-22-28-20-26(13-15-31(28)41-19-9-3-7-18-36-32(39)24-37)14-16-33(40)38(23-29-11-6-8-17-35-29)21-27-10-4-5-12-30(27)34/h4-6,8,10-13,15,17,20,25H,3,7,9,14,16,18-19,21-24H2,1-2H3,(H,36,39). The van der Waals surface area contributed by atoms with E-state index in [-0.39, 0.29) is 36.6 Å². The Balaban J connectivity index is 1.50. The van der Waals surface area contributed by atoms with Crippen LogP contribution in [0.15, 0.2) is 66.9 Å². The number of nitrogens with zero attached hydrogens (tertiary/aromatic N) is 3. The molecule has 4 rings (SSSR count). The number of rotatable bonds is 8. The van der Waals surface area contributed by atoms with Gasteiger partial charge in [0.2, 0.25) is 11.8 Å². The fraction of sp³-hybridized carbons (Fsp3) is 0.424. The maximum Gasteiger partial charge on any atom is 0.234 e. The lowest BCUT2D eigenvalue weighted by Gasteiger charge is -2.27. The predicted molar refractivity (Wildman–Crippen MR) is 158 cm³/mol. The molecule has 0 aliphatic carbocycles. The summed E-state index contributed by atoms with van der Waals surface area (Å²) in [6, 6.07) is 18.4. The van der Waals surface area contributed by atoms with Gasteiger partial charge in [0.1, 0.15) is 11.6 Å². The highest BCUT2D eigenvalue weighted by Crippen LogP contribution is 2.25. The molecule has 0 saturated carbocycles. The van der Waals surface area contributed by atoms with Gasteiger partial charge in [-0.2, -0.15) is 0 Å². The van der Waals surface area contributed by atoms with Crippen molar-refractivity contribution in [3.05, 3.63) is 95.1 Å². The first kappa shape index (κ1) is 30.2. The van der Waals surface area contributed by atoms with E-state index in [1.807, 2.05) is 30.3 Å². The molecule has 41 heavy (non-hydrogen) atoms. The lowest BCUT2D eigenvalue weighted by atomic mass is 10.0. The van der Waals surface area contributed by atoms with Crippen LogP contribution in [0.5, 0.6) is 5.75 Å². The summed E-state index contributed by atoms with van der Waals surface area (Å²) in [6.45, 7) is 6.84. The number of hydrogen-bond donors (Lipinski definition) is 1. The van der Waals surface area contributed by atoms with Gasteiger partial charge in [-0.15, -0.1) is 0 Å². The molecule has 3 aromatic rings. The topological polar surface area (TPSA) is 74.8 Å². The Morgan fingerprint density at radius 3 is 2.66 bits per heavy atom. The summed E-state index contributed by atoms with van der Waals surface area (Å²) in [4.78, 5) is 34.2. The number of carbonyl (C=O) groups excluding carboxylic acids is 2. The second-order valence-corrected chi connectivity index (χ2v) is 10.9. The van der Waals surface area contributed by atoms with E-state index in [1.165, 1.54) is 6.07 Å². The SMILES string of the molecule is CC(C)N1CC(=O)NCCCCCOc2ccc(CCC(=O)N(Cc3ccccn3)Cc3ccccc3F)cc2C1. The van der Waals surface area contributed by atoms with Crippen molar-refractivity contribution in [2.24, 2.45) is 0 Å². The van der Waals surface area contributed by atoms with Crippen molar-refractivity contribution in [3.8, 4) is 5.75 Å². The minimum Gasteiger partial charge on any atom is -0.493 e. The van der Waals surface area contributed by atoms with Crippen molar-refractivity contribution in [2.45, 2.75) is 71.6 Å². The number of ether oxygens (including phenoxy) is 1. The molecule has 2 amide bonds. The van der Waals surface area contributed by atoms with Crippen molar-refractivity contribution in [1.29, 1.82) is 0 Å². The quantitative estimate of drug-likeness (QED) is 0.406. The van der Waals surface area contributed by atoms with Gasteiger partial charge in [-0.1, -0.05) is 36.4 Å².